The summed E-state index contributed by atoms with van der Waals surface area (Å²) in [5.74, 6) is 0.907. The second kappa shape index (κ2) is 6.26. The van der Waals surface area contributed by atoms with E-state index in [0.29, 0.717) is 30.3 Å². The lowest BCUT2D eigenvalue weighted by atomic mass is 10.1. The van der Waals surface area contributed by atoms with Gasteiger partial charge >= 0.3 is 0 Å². The molecule has 1 aromatic carbocycles. The van der Waals surface area contributed by atoms with Crippen molar-refractivity contribution in [3.8, 4) is 11.5 Å². The number of carbonyl (C=O) groups is 1. The predicted molar refractivity (Wildman–Crippen MR) is 100 cm³/mol. The maximum absolute atomic E-state index is 13.2. The van der Waals surface area contributed by atoms with Crippen LogP contribution in [0.25, 0.3) is 17.0 Å². The van der Waals surface area contributed by atoms with Crippen molar-refractivity contribution in [1.82, 2.24) is 29.3 Å². The average molecular weight is 376 g/mol. The summed E-state index contributed by atoms with van der Waals surface area (Å²) in [6, 6.07) is 13.2. The van der Waals surface area contributed by atoms with E-state index < -0.39 is 0 Å². The van der Waals surface area contributed by atoms with Crippen LogP contribution in [0, 0.1) is 5.82 Å². The van der Waals surface area contributed by atoms with Crippen molar-refractivity contribution in [2.75, 3.05) is 6.54 Å². The fraction of sp³-hybridized carbons (Fsp3) is 0.200. The van der Waals surface area contributed by atoms with Crippen LogP contribution >= 0.6 is 0 Å². The maximum atomic E-state index is 13.2. The lowest BCUT2D eigenvalue weighted by Crippen LogP contribution is -2.41. The Morgan fingerprint density at radius 2 is 1.93 bits per heavy atom. The molecule has 0 N–H and O–H groups in total. The highest BCUT2D eigenvalue weighted by molar-refractivity contribution is 5.94. The Labute approximate surface area is 160 Å². The van der Waals surface area contributed by atoms with Crippen LogP contribution in [0.2, 0.25) is 0 Å². The normalized spacial score (nSPS) is 16.4. The van der Waals surface area contributed by atoms with Crippen LogP contribution in [0.4, 0.5) is 4.39 Å². The largest absolute Gasteiger partial charge is 0.327 e. The molecule has 0 fully saturated rings. The lowest BCUT2D eigenvalue weighted by molar-refractivity contribution is 0.0638. The molecule has 1 atom stereocenters. The number of benzene rings is 1. The van der Waals surface area contributed by atoms with Gasteiger partial charge < -0.3 is 9.47 Å². The monoisotopic (exact) mass is 376 g/mol. The van der Waals surface area contributed by atoms with Gasteiger partial charge in [0.2, 0.25) is 0 Å². The third-order valence-corrected chi connectivity index (χ3v) is 5.14. The Bertz CT molecular complexity index is 1150. The van der Waals surface area contributed by atoms with Crippen molar-refractivity contribution in [2.45, 2.75) is 19.5 Å². The van der Waals surface area contributed by atoms with E-state index in [-0.39, 0.29) is 17.8 Å². The number of halogens is 1. The topological polar surface area (TPSA) is 68.3 Å². The maximum Gasteiger partial charge on any atom is 0.254 e. The fourth-order valence-corrected chi connectivity index (χ4v) is 3.66. The van der Waals surface area contributed by atoms with Gasteiger partial charge in [0, 0.05) is 24.8 Å². The highest BCUT2D eigenvalue weighted by Crippen LogP contribution is 2.29. The zero-order chi connectivity index (χ0) is 19.3. The molecule has 0 radical (unpaired) electrons. The summed E-state index contributed by atoms with van der Waals surface area (Å²) in [4.78, 5) is 14.6. The predicted octanol–water partition coefficient (Wildman–Crippen LogP) is 2.95. The molecule has 1 aliphatic heterocycles. The van der Waals surface area contributed by atoms with Crippen molar-refractivity contribution in [3.63, 3.8) is 0 Å². The first-order chi connectivity index (χ1) is 13.6. The minimum atomic E-state index is -0.361. The van der Waals surface area contributed by atoms with Crippen LogP contribution in [0.5, 0.6) is 0 Å². The summed E-state index contributed by atoms with van der Waals surface area (Å²) in [5, 5.41) is 13.3. The summed E-state index contributed by atoms with van der Waals surface area (Å²) in [6.45, 7) is 3.01. The number of hydrogen-bond donors (Lipinski definition) is 0. The van der Waals surface area contributed by atoms with Gasteiger partial charge in [-0.25, -0.2) is 8.91 Å². The molecule has 4 aromatic rings. The number of carbonyl (C=O) groups excluding carboxylic acids is 1. The van der Waals surface area contributed by atoms with Gasteiger partial charge in [-0.05, 0) is 49.4 Å². The minimum absolute atomic E-state index is 0.143. The Morgan fingerprint density at radius 1 is 1.11 bits per heavy atom. The molecule has 0 bridgehead atoms. The molecule has 8 heteroatoms. The number of rotatable bonds is 2. The minimum Gasteiger partial charge on any atom is -0.327 e. The molecule has 1 unspecified atom stereocenters. The first-order valence-electron chi connectivity index (χ1n) is 9.06. The molecule has 28 heavy (non-hydrogen) atoms. The molecule has 0 spiro atoms. The number of aromatic nitrogens is 5. The molecule has 1 amide bonds. The summed E-state index contributed by atoms with van der Waals surface area (Å²) < 4.78 is 17.0. The van der Waals surface area contributed by atoms with Crippen molar-refractivity contribution in [2.24, 2.45) is 0 Å². The molecule has 0 aliphatic carbocycles. The fourth-order valence-electron chi connectivity index (χ4n) is 3.66. The van der Waals surface area contributed by atoms with Crippen LogP contribution in [0.15, 0.2) is 54.7 Å². The highest BCUT2D eigenvalue weighted by atomic mass is 19.1. The van der Waals surface area contributed by atoms with Crippen LogP contribution < -0.4 is 0 Å². The van der Waals surface area contributed by atoms with Crippen LogP contribution in [-0.2, 0) is 6.54 Å². The first kappa shape index (κ1) is 16.6. The summed E-state index contributed by atoms with van der Waals surface area (Å²) >= 11 is 0. The van der Waals surface area contributed by atoms with E-state index in [2.05, 4.69) is 15.3 Å². The zero-order valence-electron chi connectivity index (χ0n) is 15.2. The first-order valence-corrected chi connectivity index (χ1v) is 9.06. The van der Waals surface area contributed by atoms with Crippen LogP contribution in [0.3, 0.4) is 0 Å². The van der Waals surface area contributed by atoms with Crippen molar-refractivity contribution >= 4 is 11.4 Å². The molecule has 3 aromatic heterocycles. The molecule has 5 rings (SSSR count). The van der Waals surface area contributed by atoms with E-state index in [1.807, 2.05) is 42.0 Å². The Kier molecular flexibility index (Phi) is 3.71. The average Bonchev–Trinajstić information content (AvgIpc) is 3.32. The molecule has 0 saturated carbocycles. The summed E-state index contributed by atoms with van der Waals surface area (Å²) in [7, 11) is 0. The SMILES string of the molecule is CC1c2nnc(-c3cc4ccccn4n3)n2CCN1C(=O)c1ccc(F)cc1. The molecule has 1 aliphatic rings. The number of amides is 1. The summed E-state index contributed by atoms with van der Waals surface area (Å²) in [5.41, 5.74) is 2.18. The second-order valence-corrected chi connectivity index (χ2v) is 6.81. The van der Waals surface area contributed by atoms with Gasteiger partial charge in [-0.1, -0.05) is 6.07 Å². The van der Waals surface area contributed by atoms with E-state index in [1.54, 1.807) is 9.42 Å². The van der Waals surface area contributed by atoms with Gasteiger partial charge in [0.25, 0.3) is 5.91 Å². The van der Waals surface area contributed by atoms with Crippen molar-refractivity contribution in [3.05, 3.63) is 71.9 Å². The molecular formula is C20H17FN6O. The Balaban J connectivity index is 1.47. The highest BCUT2D eigenvalue weighted by Gasteiger charge is 2.32. The number of hydrogen-bond acceptors (Lipinski definition) is 4. The van der Waals surface area contributed by atoms with Gasteiger partial charge in [0.05, 0.1) is 11.6 Å². The van der Waals surface area contributed by atoms with Crippen molar-refractivity contribution < 1.29 is 9.18 Å². The van der Waals surface area contributed by atoms with E-state index in [4.69, 9.17) is 0 Å². The summed E-state index contributed by atoms with van der Waals surface area (Å²) in [6.07, 6.45) is 1.89. The third-order valence-electron chi connectivity index (χ3n) is 5.14. The Hall–Kier alpha value is -3.55. The molecule has 0 saturated heterocycles. The van der Waals surface area contributed by atoms with E-state index in [0.717, 1.165) is 11.2 Å². The quantitative estimate of drug-likeness (QED) is 0.539. The van der Waals surface area contributed by atoms with Gasteiger partial charge in [0.1, 0.15) is 11.5 Å². The van der Waals surface area contributed by atoms with Gasteiger partial charge in [-0.15, -0.1) is 10.2 Å². The second-order valence-electron chi connectivity index (χ2n) is 6.81. The lowest BCUT2D eigenvalue weighted by Gasteiger charge is -2.33. The van der Waals surface area contributed by atoms with E-state index in [9.17, 15) is 9.18 Å². The molecule has 7 nitrogen and oxygen atoms in total. The van der Waals surface area contributed by atoms with Gasteiger partial charge in [-0.3, -0.25) is 4.79 Å². The van der Waals surface area contributed by atoms with Gasteiger partial charge in [-0.2, -0.15) is 5.10 Å². The molecular weight excluding hydrogens is 359 g/mol. The van der Waals surface area contributed by atoms with Gasteiger partial charge in [0.15, 0.2) is 11.6 Å². The number of fused-ring (bicyclic) bond motifs is 2. The Morgan fingerprint density at radius 3 is 2.71 bits per heavy atom. The number of nitrogens with zero attached hydrogens (tertiary/aromatic N) is 6. The van der Waals surface area contributed by atoms with Crippen LogP contribution in [0.1, 0.15) is 29.1 Å². The van der Waals surface area contributed by atoms with Crippen LogP contribution in [-0.4, -0.2) is 41.7 Å². The van der Waals surface area contributed by atoms with E-state index >= 15 is 0 Å². The standard InChI is InChI=1S/C20H17FN6O/c1-13-18-22-23-19(17-12-16-4-2-3-9-27(16)24-17)26(18)11-10-25(13)20(28)14-5-7-15(21)8-6-14/h2-9,12-13H,10-11H2,1H3. The molecule has 140 valence electrons. The van der Waals surface area contributed by atoms with E-state index in [1.165, 1.54) is 24.3 Å². The van der Waals surface area contributed by atoms with Crippen molar-refractivity contribution in [1.29, 1.82) is 0 Å². The third kappa shape index (κ3) is 2.57. The smallest absolute Gasteiger partial charge is 0.254 e. The zero-order valence-corrected chi connectivity index (χ0v) is 15.2. The molecule has 4 heterocycles. The number of pyridine rings is 1.